The van der Waals surface area contributed by atoms with Crippen LogP contribution in [0, 0.1) is 0 Å². The molecule has 0 N–H and O–H groups in total. The molecule has 3 aromatic rings. The molecule has 1 aromatic heterocycles. The minimum atomic E-state index is 0.118. The zero-order valence-corrected chi connectivity index (χ0v) is 15.9. The first-order chi connectivity index (χ1) is 13.8. The fourth-order valence-corrected chi connectivity index (χ4v) is 4.23. The van der Waals surface area contributed by atoms with E-state index in [1.165, 1.54) is 18.4 Å². The Kier molecular flexibility index (Phi) is 4.49. The molecule has 1 atom stereocenters. The zero-order valence-electron chi connectivity index (χ0n) is 15.9. The summed E-state index contributed by atoms with van der Waals surface area (Å²) in [5, 5.41) is 0. The molecule has 5 rings (SSSR count). The molecule has 4 nitrogen and oxygen atoms in total. The van der Waals surface area contributed by atoms with Crippen LogP contribution in [0.4, 0.5) is 0 Å². The molecule has 28 heavy (non-hydrogen) atoms. The summed E-state index contributed by atoms with van der Waals surface area (Å²) in [7, 11) is 0. The molecule has 4 heteroatoms. The zero-order chi connectivity index (χ0) is 18.9. The summed E-state index contributed by atoms with van der Waals surface area (Å²) in [6, 6.07) is 23.3. The molecule has 2 aliphatic rings. The lowest BCUT2D eigenvalue weighted by Gasteiger charge is -2.42. The second-order valence-corrected chi connectivity index (χ2v) is 7.79. The molecule has 1 unspecified atom stereocenters. The van der Waals surface area contributed by atoms with Crippen molar-refractivity contribution in [3.05, 3.63) is 90.3 Å². The first kappa shape index (κ1) is 17.3. The molecule has 2 fully saturated rings. The van der Waals surface area contributed by atoms with Crippen LogP contribution >= 0.6 is 0 Å². The van der Waals surface area contributed by atoms with Gasteiger partial charge in [-0.15, -0.1) is 0 Å². The standard InChI is InChI=1S/C24H25N3O/c28-24(20-8-10-21(11-9-20)25-14-4-5-15-25)27-17-16-26(22-12-13-22)18-23(27)19-6-2-1-3-7-19/h1-11,14-15,22-23H,12-13,16-18H2. The van der Waals surface area contributed by atoms with E-state index in [1.54, 1.807) is 0 Å². The highest BCUT2D eigenvalue weighted by Gasteiger charge is 2.37. The summed E-state index contributed by atoms with van der Waals surface area (Å²) in [6.07, 6.45) is 6.63. The van der Waals surface area contributed by atoms with Crippen LogP contribution in [0.1, 0.15) is 34.8 Å². The van der Waals surface area contributed by atoms with Gasteiger partial charge in [-0.1, -0.05) is 30.3 Å². The molecule has 142 valence electrons. The van der Waals surface area contributed by atoms with Crippen LogP contribution in [0.5, 0.6) is 0 Å². The van der Waals surface area contributed by atoms with Gasteiger partial charge in [0.2, 0.25) is 0 Å². The van der Waals surface area contributed by atoms with Gasteiger partial charge in [-0.2, -0.15) is 0 Å². The van der Waals surface area contributed by atoms with Gasteiger partial charge in [-0.25, -0.2) is 0 Å². The lowest BCUT2D eigenvalue weighted by Crippen LogP contribution is -2.51. The number of aromatic nitrogens is 1. The molecule has 1 amide bonds. The third kappa shape index (κ3) is 3.36. The second kappa shape index (κ2) is 7.28. The smallest absolute Gasteiger partial charge is 0.254 e. The van der Waals surface area contributed by atoms with Gasteiger partial charge in [0.05, 0.1) is 6.04 Å². The van der Waals surface area contributed by atoms with Crippen molar-refractivity contribution in [2.75, 3.05) is 19.6 Å². The van der Waals surface area contributed by atoms with Crippen LogP contribution in [0.25, 0.3) is 5.69 Å². The van der Waals surface area contributed by atoms with Crippen molar-refractivity contribution in [3.8, 4) is 5.69 Å². The molecule has 0 bridgehead atoms. The van der Waals surface area contributed by atoms with Crippen molar-refractivity contribution >= 4 is 5.91 Å². The molecule has 1 aliphatic carbocycles. The summed E-state index contributed by atoms with van der Waals surface area (Å²) in [5.41, 5.74) is 3.06. The third-order valence-electron chi connectivity index (χ3n) is 5.94. The lowest BCUT2D eigenvalue weighted by molar-refractivity contribution is 0.0433. The molecular weight excluding hydrogens is 346 g/mol. The maximum absolute atomic E-state index is 13.4. The summed E-state index contributed by atoms with van der Waals surface area (Å²) in [6.45, 7) is 2.69. The van der Waals surface area contributed by atoms with Gasteiger partial charge in [0.1, 0.15) is 0 Å². The summed E-state index contributed by atoms with van der Waals surface area (Å²) >= 11 is 0. The molecule has 2 aromatic carbocycles. The highest BCUT2D eigenvalue weighted by molar-refractivity contribution is 5.94. The SMILES string of the molecule is O=C(c1ccc(-n2cccc2)cc1)N1CCN(C2CC2)CC1c1ccccc1. The van der Waals surface area contributed by atoms with Crippen LogP contribution < -0.4 is 0 Å². The van der Waals surface area contributed by atoms with Gasteiger partial charge in [0.25, 0.3) is 5.91 Å². The molecule has 0 radical (unpaired) electrons. The van der Waals surface area contributed by atoms with Gasteiger partial charge in [-0.05, 0) is 54.8 Å². The Labute approximate surface area is 166 Å². The Morgan fingerprint density at radius 3 is 2.21 bits per heavy atom. The van der Waals surface area contributed by atoms with Crippen molar-refractivity contribution in [2.45, 2.75) is 24.9 Å². The van der Waals surface area contributed by atoms with Gasteiger partial charge in [0.15, 0.2) is 0 Å². The van der Waals surface area contributed by atoms with Crippen LogP contribution in [0.3, 0.4) is 0 Å². The number of carbonyl (C=O) groups is 1. The minimum Gasteiger partial charge on any atom is -0.329 e. The number of benzene rings is 2. The van der Waals surface area contributed by atoms with E-state index in [2.05, 4.69) is 38.6 Å². The predicted octanol–water partition coefficient (Wildman–Crippen LogP) is 4.14. The first-order valence-electron chi connectivity index (χ1n) is 10.1. The van der Waals surface area contributed by atoms with E-state index in [0.717, 1.165) is 36.9 Å². The van der Waals surface area contributed by atoms with E-state index < -0.39 is 0 Å². The Hall–Kier alpha value is -2.85. The van der Waals surface area contributed by atoms with Gasteiger partial charge in [-0.3, -0.25) is 9.69 Å². The van der Waals surface area contributed by atoms with Crippen LogP contribution in [-0.2, 0) is 0 Å². The molecular formula is C24H25N3O. The topological polar surface area (TPSA) is 28.5 Å². The van der Waals surface area contributed by atoms with Gasteiger partial charge in [0, 0.05) is 49.3 Å². The quantitative estimate of drug-likeness (QED) is 0.690. The molecule has 1 aliphatic heterocycles. The van der Waals surface area contributed by atoms with Gasteiger partial charge < -0.3 is 9.47 Å². The van der Waals surface area contributed by atoms with E-state index in [9.17, 15) is 4.79 Å². The van der Waals surface area contributed by atoms with E-state index in [1.807, 2.05) is 54.9 Å². The summed E-state index contributed by atoms with van der Waals surface area (Å²) < 4.78 is 2.05. The van der Waals surface area contributed by atoms with Crippen molar-refractivity contribution < 1.29 is 4.79 Å². The average molecular weight is 371 g/mol. The Bertz CT molecular complexity index is 930. The van der Waals surface area contributed by atoms with E-state index in [-0.39, 0.29) is 11.9 Å². The van der Waals surface area contributed by atoms with Crippen molar-refractivity contribution in [1.29, 1.82) is 0 Å². The number of carbonyl (C=O) groups excluding carboxylic acids is 1. The van der Waals surface area contributed by atoms with E-state index >= 15 is 0 Å². The lowest BCUT2D eigenvalue weighted by atomic mass is 10.0. The maximum atomic E-state index is 13.4. The first-order valence-corrected chi connectivity index (χ1v) is 10.1. The van der Waals surface area contributed by atoms with Crippen molar-refractivity contribution in [1.82, 2.24) is 14.4 Å². The molecule has 2 heterocycles. The minimum absolute atomic E-state index is 0.118. The summed E-state index contributed by atoms with van der Waals surface area (Å²) in [4.78, 5) is 18.0. The monoisotopic (exact) mass is 371 g/mol. The fraction of sp³-hybridized carbons (Fsp3) is 0.292. The number of piperazine rings is 1. The van der Waals surface area contributed by atoms with Crippen molar-refractivity contribution in [2.24, 2.45) is 0 Å². The largest absolute Gasteiger partial charge is 0.329 e. The Balaban J connectivity index is 1.40. The Morgan fingerprint density at radius 1 is 0.821 bits per heavy atom. The predicted molar refractivity (Wildman–Crippen MR) is 111 cm³/mol. The van der Waals surface area contributed by atoms with E-state index in [0.29, 0.717) is 0 Å². The van der Waals surface area contributed by atoms with Crippen LogP contribution in [-0.4, -0.2) is 46.0 Å². The number of hydrogen-bond acceptors (Lipinski definition) is 2. The number of nitrogens with zero attached hydrogens (tertiary/aromatic N) is 3. The highest BCUT2D eigenvalue weighted by atomic mass is 16.2. The number of hydrogen-bond donors (Lipinski definition) is 0. The van der Waals surface area contributed by atoms with Crippen molar-refractivity contribution in [3.63, 3.8) is 0 Å². The second-order valence-electron chi connectivity index (χ2n) is 7.79. The molecule has 1 saturated heterocycles. The third-order valence-corrected chi connectivity index (χ3v) is 5.94. The Morgan fingerprint density at radius 2 is 1.54 bits per heavy atom. The fourth-order valence-electron chi connectivity index (χ4n) is 4.23. The highest BCUT2D eigenvalue weighted by Crippen LogP contribution is 2.34. The molecule has 1 saturated carbocycles. The summed E-state index contributed by atoms with van der Waals surface area (Å²) in [5.74, 6) is 0.128. The number of amides is 1. The van der Waals surface area contributed by atoms with Crippen LogP contribution in [0.2, 0.25) is 0 Å². The number of rotatable bonds is 4. The van der Waals surface area contributed by atoms with E-state index in [4.69, 9.17) is 0 Å². The molecule has 0 spiro atoms. The normalized spacial score (nSPS) is 20.3. The average Bonchev–Trinajstić information content (AvgIpc) is 3.47. The van der Waals surface area contributed by atoms with Gasteiger partial charge >= 0.3 is 0 Å². The maximum Gasteiger partial charge on any atom is 0.254 e. The van der Waals surface area contributed by atoms with Crippen LogP contribution in [0.15, 0.2) is 79.1 Å².